The molecule has 0 aliphatic heterocycles. The van der Waals surface area contributed by atoms with Crippen molar-refractivity contribution >= 4 is 22.9 Å². The van der Waals surface area contributed by atoms with Gasteiger partial charge in [0.05, 0.1) is 16.9 Å². The van der Waals surface area contributed by atoms with Crippen molar-refractivity contribution in [2.75, 3.05) is 5.73 Å². The van der Waals surface area contributed by atoms with Crippen LogP contribution in [0.3, 0.4) is 0 Å². The molecular weight excluding hydrogens is 236 g/mol. The number of anilines is 1. The Morgan fingerprint density at radius 1 is 1.18 bits per heavy atom. The highest BCUT2D eigenvalue weighted by atomic mass is 35.5. The van der Waals surface area contributed by atoms with E-state index in [2.05, 4.69) is 10.1 Å². The lowest BCUT2D eigenvalue weighted by Gasteiger charge is -1.96. The number of rotatable bonds is 1. The third-order valence-corrected chi connectivity index (χ3v) is 2.81. The molecule has 0 amide bonds. The molecule has 2 aromatic heterocycles. The number of fused-ring (bicyclic) bond motifs is 1. The molecule has 0 saturated heterocycles. The fraction of sp³-hybridized carbons (Fsp3) is 0. The summed E-state index contributed by atoms with van der Waals surface area (Å²) in [6, 6.07) is 11.5. The van der Waals surface area contributed by atoms with E-state index in [1.165, 1.54) is 0 Å². The molecule has 0 saturated carbocycles. The van der Waals surface area contributed by atoms with Gasteiger partial charge in [-0.25, -0.2) is 9.50 Å². The van der Waals surface area contributed by atoms with Gasteiger partial charge in [-0.3, -0.25) is 0 Å². The summed E-state index contributed by atoms with van der Waals surface area (Å²) in [7, 11) is 0. The number of nitrogens with zero attached hydrogens (tertiary/aromatic N) is 3. The Morgan fingerprint density at radius 2 is 1.94 bits per heavy atom. The van der Waals surface area contributed by atoms with Crippen molar-refractivity contribution in [1.82, 2.24) is 14.6 Å². The van der Waals surface area contributed by atoms with Crippen LogP contribution < -0.4 is 5.73 Å². The summed E-state index contributed by atoms with van der Waals surface area (Å²) >= 11 is 5.94. The number of benzene rings is 1. The van der Waals surface area contributed by atoms with Crippen LogP contribution in [0.15, 0.2) is 42.6 Å². The molecule has 5 heteroatoms. The van der Waals surface area contributed by atoms with Crippen LogP contribution in [0.2, 0.25) is 5.02 Å². The molecule has 0 bridgehead atoms. The molecule has 1 aromatic carbocycles. The van der Waals surface area contributed by atoms with E-state index in [4.69, 9.17) is 17.3 Å². The van der Waals surface area contributed by atoms with Crippen LogP contribution in [-0.2, 0) is 0 Å². The molecule has 17 heavy (non-hydrogen) atoms. The summed E-state index contributed by atoms with van der Waals surface area (Å²) < 4.78 is 1.63. The van der Waals surface area contributed by atoms with Gasteiger partial charge in [0.25, 0.3) is 0 Å². The van der Waals surface area contributed by atoms with Gasteiger partial charge in [-0.2, -0.15) is 0 Å². The molecule has 0 aliphatic carbocycles. The minimum Gasteiger partial charge on any atom is -0.396 e. The minimum atomic E-state index is 0.490. The van der Waals surface area contributed by atoms with Crippen molar-refractivity contribution in [2.45, 2.75) is 0 Å². The van der Waals surface area contributed by atoms with Crippen LogP contribution in [0, 0.1) is 0 Å². The van der Waals surface area contributed by atoms with E-state index in [0.717, 1.165) is 5.56 Å². The standard InChI is InChI=1S/C12H9ClN4/c13-9-6-11-15-12(8-4-2-1-3-5-8)16-17(11)7-10(9)14/h1-7H,14H2. The van der Waals surface area contributed by atoms with Crippen LogP contribution >= 0.6 is 11.6 Å². The molecule has 84 valence electrons. The fourth-order valence-electron chi connectivity index (χ4n) is 1.63. The number of nitrogens with two attached hydrogens (primary N) is 1. The zero-order valence-electron chi connectivity index (χ0n) is 8.84. The monoisotopic (exact) mass is 244 g/mol. The van der Waals surface area contributed by atoms with Gasteiger partial charge in [0, 0.05) is 11.6 Å². The fourth-order valence-corrected chi connectivity index (χ4v) is 1.77. The number of pyridine rings is 1. The number of aromatic nitrogens is 3. The summed E-state index contributed by atoms with van der Waals surface area (Å²) in [6.45, 7) is 0. The summed E-state index contributed by atoms with van der Waals surface area (Å²) in [5.74, 6) is 0.660. The zero-order valence-corrected chi connectivity index (χ0v) is 9.59. The second-order valence-corrected chi connectivity index (χ2v) is 4.09. The Kier molecular flexibility index (Phi) is 2.23. The Hall–Kier alpha value is -2.07. The average Bonchev–Trinajstić information content (AvgIpc) is 2.74. The van der Waals surface area contributed by atoms with Crippen LogP contribution in [0.1, 0.15) is 0 Å². The molecule has 0 radical (unpaired) electrons. The molecule has 3 rings (SSSR count). The van der Waals surface area contributed by atoms with E-state index in [1.807, 2.05) is 30.3 Å². The number of hydrogen-bond donors (Lipinski definition) is 1. The predicted octanol–water partition coefficient (Wildman–Crippen LogP) is 2.63. The second kappa shape index (κ2) is 3.75. The highest BCUT2D eigenvalue weighted by Gasteiger charge is 2.07. The maximum Gasteiger partial charge on any atom is 0.182 e. The second-order valence-electron chi connectivity index (χ2n) is 3.68. The lowest BCUT2D eigenvalue weighted by atomic mass is 10.2. The van der Waals surface area contributed by atoms with Gasteiger partial charge in [0.1, 0.15) is 0 Å². The van der Waals surface area contributed by atoms with E-state index in [-0.39, 0.29) is 0 Å². The minimum absolute atomic E-state index is 0.490. The SMILES string of the molecule is Nc1cn2nc(-c3ccccc3)nc2cc1Cl. The van der Waals surface area contributed by atoms with Gasteiger partial charge >= 0.3 is 0 Å². The van der Waals surface area contributed by atoms with Crippen LogP contribution in [-0.4, -0.2) is 14.6 Å². The molecule has 0 unspecified atom stereocenters. The van der Waals surface area contributed by atoms with Crippen molar-refractivity contribution in [3.8, 4) is 11.4 Å². The lowest BCUT2D eigenvalue weighted by molar-refractivity contribution is 0.968. The third-order valence-electron chi connectivity index (χ3n) is 2.48. The maximum atomic E-state index is 5.94. The Labute approximate surface area is 103 Å². The van der Waals surface area contributed by atoms with Gasteiger partial charge in [-0.15, -0.1) is 5.10 Å². The zero-order chi connectivity index (χ0) is 11.8. The first kappa shape index (κ1) is 10.1. The van der Waals surface area contributed by atoms with Gasteiger partial charge in [0.15, 0.2) is 11.5 Å². The Bertz CT molecular complexity index is 637. The van der Waals surface area contributed by atoms with Crippen molar-refractivity contribution in [3.05, 3.63) is 47.6 Å². The first-order valence-electron chi connectivity index (χ1n) is 5.11. The smallest absolute Gasteiger partial charge is 0.182 e. The number of halogens is 1. The van der Waals surface area contributed by atoms with Crippen molar-refractivity contribution in [3.63, 3.8) is 0 Å². The van der Waals surface area contributed by atoms with Crippen molar-refractivity contribution < 1.29 is 0 Å². The Morgan fingerprint density at radius 3 is 2.71 bits per heavy atom. The van der Waals surface area contributed by atoms with Gasteiger partial charge < -0.3 is 5.73 Å². The summed E-state index contributed by atoms with van der Waals surface area (Å²) in [5.41, 5.74) is 7.85. The van der Waals surface area contributed by atoms with Crippen LogP contribution in [0.4, 0.5) is 5.69 Å². The van der Waals surface area contributed by atoms with E-state index >= 15 is 0 Å². The predicted molar refractivity (Wildman–Crippen MR) is 67.8 cm³/mol. The van der Waals surface area contributed by atoms with E-state index < -0.39 is 0 Å². The molecule has 2 N–H and O–H groups in total. The average molecular weight is 245 g/mol. The highest BCUT2D eigenvalue weighted by molar-refractivity contribution is 6.33. The summed E-state index contributed by atoms with van der Waals surface area (Å²) in [4.78, 5) is 4.40. The van der Waals surface area contributed by atoms with Gasteiger partial charge in [-0.05, 0) is 0 Å². The molecule has 0 fully saturated rings. The van der Waals surface area contributed by atoms with E-state index in [9.17, 15) is 0 Å². The van der Waals surface area contributed by atoms with E-state index in [1.54, 1.807) is 16.8 Å². The number of hydrogen-bond acceptors (Lipinski definition) is 3. The summed E-state index contributed by atoms with van der Waals surface area (Å²) in [5, 5.41) is 4.84. The molecular formula is C12H9ClN4. The van der Waals surface area contributed by atoms with Gasteiger partial charge in [0.2, 0.25) is 0 Å². The normalized spacial score (nSPS) is 10.9. The molecule has 0 atom stereocenters. The molecule has 4 nitrogen and oxygen atoms in total. The van der Waals surface area contributed by atoms with Crippen LogP contribution in [0.25, 0.3) is 17.0 Å². The van der Waals surface area contributed by atoms with Crippen LogP contribution in [0.5, 0.6) is 0 Å². The first-order chi connectivity index (χ1) is 8.24. The molecule has 3 aromatic rings. The molecule has 0 aliphatic rings. The summed E-state index contributed by atoms with van der Waals surface area (Å²) in [6.07, 6.45) is 1.66. The molecule has 0 spiro atoms. The maximum absolute atomic E-state index is 5.94. The van der Waals surface area contributed by atoms with Crippen molar-refractivity contribution in [2.24, 2.45) is 0 Å². The Balaban J connectivity index is 2.21. The number of nitrogen functional groups attached to an aromatic ring is 1. The quantitative estimate of drug-likeness (QED) is 0.716. The van der Waals surface area contributed by atoms with Crippen molar-refractivity contribution in [1.29, 1.82) is 0 Å². The first-order valence-corrected chi connectivity index (χ1v) is 5.48. The van der Waals surface area contributed by atoms with E-state index in [0.29, 0.717) is 22.2 Å². The van der Waals surface area contributed by atoms with Gasteiger partial charge in [-0.1, -0.05) is 41.9 Å². The third kappa shape index (κ3) is 1.72. The highest BCUT2D eigenvalue weighted by Crippen LogP contribution is 2.22. The topological polar surface area (TPSA) is 56.2 Å². The molecule has 2 heterocycles. The lowest BCUT2D eigenvalue weighted by Crippen LogP contribution is -1.93. The largest absolute Gasteiger partial charge is 0.396 e.